The van der Waals surface area contributed by atoms with Crippen LogP contribution in [0.4, 0.5) is 5.69 Å². The average molecular weight is 540 g/mol. The van der Waals surface area contributed by atoms with E-state index in [-0.39, 0.29) is 29.6 Å². The minimum absolute atomic E-state index is 0.0311. The number of hydrogen-bond donors (Lipinski definition) is 1. The summed E-state index contributed by atoms with van der Waals surface area (Å²) in [6.07, 6.45) is 7.12. The van der Waals surface area contributed by atoms with Crippen molar-refractivity contribution in [3.05, 3.63) is 54.6 Å². The lowest BCUT2D eigenvalue weighted by molar-refractivity contribution is -0.143. The van der Waals surface area contributed by atoms with Gasteiger partial charge in [-0.05, 0) is 57.1 Å². The van der Waals surface area contributed by atoms with E-state index in [9.17, 15) is 19.5 Å². The van der Waals surface area contributed by atoms with Gasteiger partial charge in [-0.3, -0.25) is 14.4 Å². The van der Waals surface area contributed by atoms with Gasteiger partial charge >= 0.3 is 0 Å². The Morgan fingerprint density at radius 3 is 2.45 bits per heavy atom. The fourth-order valence-corrected chi connectivity index (χ4v) is 9.07. The first-order chi connectivity index (χ1) is 18.2. The van der Waals surface area contributed by atoms with Crippen molar-refractivity contribution in [2.75, 3.05) is 38.2 Å². The van der Waals surface area contributed by atoms with Crippen molar-refractivity contribution in [2.24, 2.45) is 11.8 Å². The number of para-hydroxylation sites is 1. The van der Waals surface area contributed by atoms with Crippen LogP contribution in [0.1, 0.15) is 43.2 Å². The maximum absolute atomic E-state index is 14.6. The van der Waals surface area contributed by atoms with Crippen LogP contribution in [0, 0.1) is 25.7 Å². The highest BCUT2D eigenvalue weighted by Crippen LogP contribution is 2.66. The van der Waals surface area contributed by atoms with Crippen LogP contribution in [0.5, 0.6) is 0 Å². The highest BCUT2D eigenvalue weighted by atomic mass is 32.2. The number of benzene rings is 1. The zero-order valence-electron chi connectivity index (χ0n) is 22.9. The van der Waals surface area contributed by atoms with Crippen molar-refractivity contribution in [2.45, 2.75) is 62.0 Å². The third-order valence-corrected chi connectivity index (χ3v) is 10.4. The number of aryl methyl sites for hydroxylation is 2. The number of aliphatic hydroxyl groups excluding tert-OH is 1. The summed E-state index contributed by atoms with van der Waals surface area (Å²) >= 11 is 1.70. The molecule has 1 N–H and O–H groups in total. The molecular weight excluding hydrogens is 498 g/mol. The summed E-state index contributed by atoms with van der Waals surface area (Å²) < 4.78 is -0.624. The average Bonchev–Trinajstić information content (AvgIpc) is 3.53. The number of unbranched alkanes of at least 4 members (excludes halogenated alkanes) is 2. The van der Waals surface area contributed by atoms with Gasteiger partial charge in [-0.2, -0.15) is 0 Å². The predicted molar refractivity (Wildman–Crippen MR) is 153 cm³/mol. The monoisotopic (exact) mass is 539 g/mol. The Kier molecular flexibility index (Phi) is 8.72. The highest BCUT2D eigenvalue weighted by molar-refractivity contribution is 8.02. The zero-order valence-corrected chi connectivity index (χ0v) is 23.7. The first kappa shape index (κ1) is 28.4. The quantitative estimate of drug-likeness (QED) is 0.324. The molecule has 2 unspecified atom stereocenters. The number of likely N-dealkylation sites (N-methyl/N-ethyl adjacent to an activating group) is 1. The second-order valence-electron chi connectivity index (χ2n) is 10.9. The molecule has 4 rings (SSSR count). The van der Waals surface area contributed by atoms with Crippen LogP contribution in [-0.2, 0) is 14.4 Å². The zero-order chi connectivity index (χ0) is 27.6. The minimum atomic E-state index is -0.648. The lowest BCUT2D eigenvalue weighted by Crippen LogP contribution is -2.55. The van der Waals surface area contributed by atoms with Crippen LogP contribution in [0.25, 0.3) is 0 Å². The number of aliphatic hydroxyl groups is 1. The van der Waals surface area contributed by atoms with Crippen molar-refractivity contribution in [3.8, 4) is 0 Å². The van der Waals surface area contributed by atoms with E-state index in [1.807, 2.05) is 32.0 Å². The number of carbonyl (C=O) groups is 3. The molecule has 0 saturated carbocycles. The van der Waals surface area contributed by atoms with Crippen molar-refractivity contribution in [1.82, 2.24) is 9.80 Å². The van der Waals surface area contributed by atoms with E-state index >= 15 is 0 Å². The van der Waals surface area contributed by atoms with Gasteiger partial charge in [0.15, 0.2) is 0 Å². The Bertz CT molecular complexity index is 1090. The summed E-state index contributed by atoms with van der Waals surface area (Å²) in [6, 6.07) is 5.33. The molecular formula is C30H41N3O4S. The smallest absolute Gasteiger partial charge is 0.251 e. The molecule has 3 saturated heterocycles. The van der Waals surface area contributed by atoms with E-state index < -0.39 is 22.6 Å². The van der Waals surface area contributed by atoms with E-state index in [2.05, 4.69) is 13.2 Å². The molecule has 3 heterocycles. The number of amides is 3. The predicted octanol–water partition coefficient (Wildman–Crippen LogP) is 3.72. The maximum atomic E-state index is 14.6. The second-order valence-corrected chi connectivity index (χ2v) is 12.5. The number of likely N-dealkylation sites (tertiary alicyclic amines) is 1. The summed E-state index contributed by atoms with van der Waals surface area (Å²) in [6.45, 7) is 13.0. The minimum Gasteiger partial charge on any atom is -0.396 e. The van der Waals surface area contributed by atoms with Gasteiger partial charge in [0.25, 0.3) is 5.91 Å². The molecule has 3 fully saturated rings. The number of rotatable bonds is 12. The topological polar surface area (TPSA) is 81.2 Å². The number of fused-ring (bicyclic) bond motifs is 1. The molecule has 3 aliphatic heterocycles. The van der Waals surface area contributed by atoms with E-state index in [0.717, 1.165) is 36.1 Å². The maximum Gasteiger partial charge on any atom is 0.251 e. The van der Waals surface area contributed by atoms with Crippen molar-refractivity contribution >= 4 is 35.2 Å². The molecule has 3 amide bonds. The Morgan fingerprint density at radius 1 is 1.13 bits per heavy atom. The third-order valence-electron chi connectivity index (χ3n) is 8.44. The summed E-state index contributed by atoms with van der Waals surface area (Å²) in [4.78, 5) is 47.6. The van der Waals surface area contributed by atoms with Gasteiger partial charge < -0.3 is 19.8 Å². The lowest BCUT2D eigenvalue weighted by atomic mass is 9.70. The van der Waals surface area contributed by atoms with Gasteiger partial charge in [0.2, 0.25) is 11.8 Å². The van der Waals surface area contributed by atoms with Crippen LogP contribution < -0.4 is 4.90 Å². The van der Waals surface area contributed by atoms with Crippen molar-refractivity contribution in [1.29, 1.82) is 0 Å². The molecule has 1 aromatic carbocycles. The second kappa shape index (κ2) is 11.7. The van der Waals surface area contributed by atoms with Crippen molar-refractivity contribution < 1.29 is 19.5 Å². The number of thioether (sulfide) groups is 1. The van der Waals surface area contributed by atoms with Gasteiger partial charge in [0, 0.05) is 44.2 Å². The summed E-state index contributed by atoms with van der Waals surface area (Å²) in [5.41, 5.74) is 2.85. The van der Waals surface area contributed by atoms with Gasteiger partial charge in [-0.1, -0.05) is 30.4 Å². The Hall–Kier alpha value is -2.58. The summed E-state index contributed by atoms with van der Waals surface area (Å²) in [5, 5.41) is 9.30. The summed E-state index contributed by atoms with van der Waals surface area (Å²) in [5.74, 6) is -1.15. The van der Waals surface area contributed by atoms with E-state index in [0.29, 0.717) is 32.5 Å². The highest BCUT2D eigenvalue weighted by Gasteiger charge is 2.74. The first-order valence-electron chi connectivity index (χ1n) is 13.7. The molecule has 206 valence electrons. The standard InChI is InChI=1S/C30H41N3O4S/c1-6-16-31(5)27(35)23-22-14-15-30(38-22)24(23)28(36)33(18-9-8-10-19-34)26(30)29(37)32(17-7-2)25-20(3)12-11-13-21(25)4/h6-7,11-13,22-24,26,34H,1-2,8-10,14-19H2,3-5H3/t22-,23+,24+,26?,30?/m1/s1. The number of hydrogen-bond acceptors (Lipinski definition) is 5. The van der Waals surface area contributed by atoms with Crippen LogP contribution in [0.15, 0.2) is 43.5 Å². The van der Waals surface area contributed by atoms with Crippen LogP contribution in [0.3, 0.4) is 0 Å². The molecule has 8 heteroatoms. The number of carbonyl (C=O) groups excluding carboxylic acids is 3. The van der Waals surface area contributed by atoms with Crippen molar-refractivity contribution in [3.63, 3.8) is 0 Å². The Labute approximate surface area is 230 Å². The van der Waals surface area contributed by atoms with E-state index in [1.54, 1.807) is 45.7 Å². The molecule has 2 bridgehead atoms. The van der Waals surface area contributed by atoms with Gasteiger partial charge in [0.1, 0.15) is 6.04 Å². The molecule has 0 aromatic heterocycles. The summed E-state index contributed by atoms with van der Waals surface area (Å²) in [7, 11) is 1.76. The molecule has 1 spiro atoms. The molecule has 5 atom stereocenters. The first-order valence-corrected chi connectivity index (χ1v) is 14.5. The normalized spacial score (nSPS) is 27.4. The van der Waals surface area contributed by atoms with Crippen LogP contribution in [0.2, 0.25) is 0 Å². The molecule has 0 radical (unpaired) electrons. The third kappa shape index (κ3) is 4.70. The SMILES string of the molecule is C=CCN(C)C(=O)[C@@H]1[C@H]2C(=O)N(CCCCCO)C(C(=O)N(CC=C)c3c(C)cccc3C)C23CC[C@H]1S3. The number of nitrogens with zero attached hydrogens (tertiary/aromatic N) is 3. The molecule has 1 aromatic rings. The largest absolute Gasteiger partial charge is 0.396 e. The molecule has 7 nitrogen and oxygen atoms in total. The van der Waals surface area contributed by atoms with E-state index in [4.69, 9.17) is 0 Å². The fourth-order valence-electron chi connectivity index (χ4n) is 6.86. The van der Waals surface area contributed by atoms with E-state index in [1.165, 1.54) is 0 Å². The Balaban J connectivity index is 1.76. The number of anilines is 1. The Morgan fingerprint density at radius 2 is 1.82 bits per heavy atom. The fraction of sp³-hybridized carbons (Fsp3) is 0.567. The lowest BCUT2D eigenvalue weighted by Gasteiger charge is -2.38. The molecule has 38 heavy (non-hydrogen) atoms. The van der Waals surface area contributed by atoms with Crippen LogP contribution in [-0.4, -0.2) is 82.0 Å². The van der Waals surface area contributed by atoms with Crippen LogP contribution >= 0.6 is 11.8 Å². The molecule has 3 aliphatic rings. The molecule has 0 aliphatic carbocycles. The van der Waals surface area contributed by atoms with Gasteiger partial charge in [0.05, 0.1) is 16.6 Å². The van der Waals surface area contributed by atoms with Gasteiger partial charge in [-0.25, -0.2) is 0 Å². The van der Waals surface area contributed by atoms with Gasteiger partial charge in [-0.15, -0.1) is 24.9 Å².